The molecule has 0 saturated carbocycles. The second kappa shape index (κ2) is 14.6. The molecular weight excluding hydrogens is 580 g/mol. The van der Waals surface area contributed by atoms with Crippen molar-refractivity contribution in [3.05, 3.63) is 11.8 Å². The third kappa shape index (κ3) is 8.64. The Morgan fingerprint density at radius 2 is 1.35 bits per heavy atom. The Morgan fingerprint density at radius 1 is 0.767 bits per heavy atom. The molecule has 0 aliphatic carbocycles. The van der Waals surface area contributed by atoms with E-state index in [1.54, 1.807) is 6.92 Å². The normalized spacial score (nSPS) is 33.3. The lowest BCUT2D eigenvalue weighted by Gasteiger charge is -2.48. The smallest absolute Gasteiger partial charge is 0.337 e. The highest BCUT2D eigenvalue weighted by atomic mass is 16.8. The zero-order valence-corrected chi connectivity index (χ0v) is 24.8. The van der Waals surface area contributed by atoms with Gasteiger partial charge in [-0.3, -0.25) is 24.0 Å². The molecule has 2 fully saturated rings. The van der Waals surface area contributed by atoms with E-state index in [-0.39, 0.29) is 12.0 Å². The zero-order valence-electron chi connectivity index (χ0n) is 24.8. The predicted octanol–water partition coefficient (Wildman–Crippen LogP) is 0.430. The number of esters is 6. The van der Waals surface area contributed by atoms with Crippen LogP contribution in [0.5, 0.6) is 0 Å². The molecule has 3 aliphatic rings. The number of carbonyl (C=O) groups is 6. The van der Waals surface area contributed by atoms with E-state index in [0.717, 1.165) is 34.0 Å². The molecule has 3 aliphatic heterocycles. The largest absolute Gasteiger partial charge is 0.471 e. The number of rotatable bonds is 9. The number of fused-ring (bicyclic) bond motifs is 1. The molecule has 0 spiro atoms. The van der Waals surface area contributed by atoms with Gasteiger partial charge in [0.1, 0.15) is 12.7 Å². The summed E-state index contributed by atoms with van der Waals surface area (Å²) in [4.78, 5) is 72.1. The van der Waals surface area contributed by atoms with Crippen LogP contribution in [-0.2, 0) is 76.1 Å². The van der Waals surface area contributed by atoms with Crippen molar-refractivity contribution in [3.63, 3.8) is 0 Å². The lowest BCUT2D eigenvalue weighted by atomic mass is 9.77. The Bertz CT molecular complexity index is 1120. The molecule has 0 aromatic carbocycles. The van der Waals surface area contributed by atoms with Crippen molar-refractivity contribution in [2.75, 3.05) is 13.7 Å². The highest BCUT2D eigenvalue weighted by Crippen LogP contribution is 2.44. The van der Waals surface area contributed by atoms with Gasteiger partial charge in [0.2, 0.25) is 18.9 Å². The summed E-state index contributed by atoms with van der Waals surface area (Å²) in [6, 6.07) is 0. The van der Waals surface area contributed by atoms with E-state index in [9.17, 15) is 28.8 Å². The molecule has 0 amide bonds. The highest BCUT2D eigenvalue weighted by Gasteiger charge is 2.56. The monoisotopic (exact) mass is 616 g/mol. The van der Waals surface area contributed by atoms with Crippen LogP contribution in [0.3, 0.4) is 0 Å². The first-order valence-electron chi connectivity index (χ1n) is 13.4. The van der Waals surface area contributed by atoms with Crippen LogP contribution in [-0.4, -0.2) is 98.9 Å². The number of carbonyl (C=O) groups excluding carboxylic acids is 6. The third-order valence-corrected chi connectivity index (χ3v) is 6.80. The maximum atomic E-state index is 12.6. The Morgan fingerprint density at radius 3 is 1.91 bits per heavy atom. The maximum Gasteiger partial charge on any atom is 0.337 e. The summed E-state index contributed by atoms with van der Waals surface area (Å²) >= 11 is 0. The number of ether oxygens (including phenoxy) is 10. The van der Waals surface area contributed by atoms with E-state index in [4.69, 9.17) is 47.4 Å². The maximum absolute atomic E-state index is 12.6. The fourth-order valence-electron chi connectivity index (χ4n) is 5.27. The van der Waals surface area contributed by atoms with Gasteiger partial charge in [0.05, 0.1) is 31.0 Å². The van der Waals surface area contributed by atoms with Gasteiger partial charge in [-0.2, -0.15) is 0 Å². The minimum Gasteiger partial charge on any atom is -0.471 e. The molecular formula is C27H36O16. The minimum atomic E-state index is -1.54. The number of hydrogen-bond donors (Lipinski definition) is 0. The molecule has 16 heteroatoms. The molecule has 240 valence electrons. The fraction of sp³-hybridized carbons (Fsp3) is 0.704. The topological polar surface area (TPSA) is 195 Å². The van der Waals surface area contributed by atoms with Crippen molar-refractivity contribution in [1.82, 2.24) is 0 Å². The van der Waals surface area contributed by atoms with Crippen LogP contribution in [0.2, 0.25) is 0 Å². The molecule has 0 bridgehead atoms. The summed E-state index contributed by atoms with van der Waals surface area (Å²) in [5.74, 6) is -5.72. The first-order chi connectivity index (χ1) is 20.2. The molecule has 43 heavy (non-hydrogen) atoms. The van der Waals surface area contributed by atoms with Crippen LogP contribution >= 0.6 is 0 Å². The van der Waals surface area contributed by atoms with Gasteiger partial charge in [-0.25, -0.2) is 4.79 Å². The summed E-state index contributed by atoms with van der Waals surface area (Å²) in [5, 5.41) is 0. The van der Waals surface area contributed by atoms with Crippen LogP contribution in [0.1, 0.15) is 48.0 Å². The van der Waals surface area contributed by atoms with Gasteiger partial charge in [0.15, 0.2) is 18.3 Å². The molecule has 0 unspecified atom stereocenters. The van der Waals surface area contributed by atoms with E-state index in [1.807, 2.05) is 0 Å². The van der Waals surface area contributed by atoms with Crippen molar-refractivity contribution in [1.29, 1.82) is 0 Å². The molecule has 0 aromatic heterocycles. The van der Waals surface area contributed by atoms with Gasteiger partial charge < -0.3 is 47.4 Å². The van der Waals surface area contributed by atoms with Gasteiger partial charge in [0.25, 0.3) is 0 Å². The van der Waals surface area contributed by atoms with E-state index in [2.05, 4.69) is 0 Å². The van der Waals surface area contributed by atoms with Crippen molar-refractivity contribution < 1.29 is 76.1 Å². The second-order valence-corrected chi connectivity index (χ2v) is 10.1. The molecule has 3 rings (SSSR count). The summed E-state index contributed by atoms with van der Waals surface area (Å²) in [6.07, 6.45) is -8.87. The Kier molecular flexibility index (Phi) is 11.5. The van der Waals surface area contributed by atoms with E-state index < -0.39 is 104 Å². The summed E-state index contributed by atoms with van der Waals surface area (Å²) in [5.41, 5.74) is 0.140. The summed E-state index contributed by atoms with van der Waals surface area (Å²) < 4.78 is 55.3. The highest BCUT2D eigenvalue weighted by molar-refractivity contribution is 5.89. The van der Waals surface area contributed by atoms with Crippen LogP contribution in [0.4, 0.5) is 0 Å². The molecule has 16 nitrogen and oxygen atoms in total. The van der Waals surface area contributed by atoms with Crippen molar-refractivity contribution >= 4 is 35.8 Å². The Balaban J connectivity index is 2.01. The third-order valence-electron chi connectivity index (χ3n) is 6.80. The first-order valence-corrected chi connectivity index (χ1v) is 13.4. The van der Waals surface area contributed by atoms with Crippen LogP contribution in [0.25, 0.3) is 0 Å². The molecule has 3 heterocycles. The van der Waals surface area contributed by atoms with Crippen LogP contribution < -0.4 is 0 Å². The second-order valence-electron chi connectivity index (χ2n) is 10.1. The zero-order chi connectivity index (χ0) is 32.0. The lowest BCUT2D eigenvalue weighted by Crippen LogP contribution is -2.64. The minimum absolute atomic E-state index is 0.0529. The van der Waals surface area contributed by atoms with Crippen LogP contribution in [0, 0.1) is 11.8 Å². The molecule has 0 radical (unpaired) electrons. The quantitative estimate of drug-likeness (QED) is 0.255. The van der Waals surface area contributed by atoms with E-state index >= 15 is 0 Å². The van der Waals surface area contributed by atoms with Crippen molar-refractivity contribution in [2.24, 2.45) is 11.8 Å². The lowest BCUT2D eigenvalue weighted by molar-refractivity contribution is -0.354. The molecule has 0 N–H and O–H groups in total. The van der Waals surface area contributed by atoms with Gasteiger partial charge in [-0.05, 0) is 6.92 Å². The molecule has 10 atom stereocenters. The molecule has 0 aromatic rings. The summed E-state index contributed by atoms with van der Waals surface area (Å²) in [7, 11) is 1.20. The summed E-state index contributed by atoms with van der Waals surface area (Å²) in [6.45, 7) is 6.86. The van der Waals surface area contributed by atoms with Gasteiger partial charge in [0, 0.05) is 47.0 Å². The van der Waals surface area contributed by atoms with Crippen LogP contribution in [0.15, 0.2) is 11.8 Å². The molecule has 2 saturated heterocycles. The van der Waals surface area contributed by atoms with E-state index in [0.29, 0.717) is 0 Å². The average molecular weight is 617 g/mol. The van der Waals surface area contributed by atoms with Gasteiger partial charge in [-0.1, -0.05) is 0 Å². The van der Waals surface area contributed by atoms with Gasteiger partial charge in [-0.15, -0.1) is 0 Å². The number of methoxy groups -OCH3 is 1. The van der Waals surface area contributed by atoms with E-state index in [1.165, 1.54) is 14.0 Å². The van der Waals surface area contributed by atoms with Crippen molar-refractivity contribution in [3.8, 4) is 0 Å². The number of hydrogen-bond acceptors (Lipinski definition) is 16. The van der Waals surface area contributed by atoms with Gasteiger partial charge >= 0.3 is 35.8 Å². The fourth-order valence-corrected chi connectivity index (χ4v) is 5.27. The standard InChI is InChI=1S/C27H36O16/c1-11-21-17(8-20(37-11)38-13(3)29)18(25(33)34-7)9-36-26(21)43-27-24(41-16(6)32)23(40-15(5)31)22(39-14(4)30)19(42-27)10-35-12(2)28/h9,11,17,19-24,26-27H,8,10H2,1-7H3/t11-,17+,19+,20-,21+,22+,23-,24+,26-,27-/m0/s1. The average Bonchev–Trinajstić information content (AvgIpc) is 2.89. The van der Waals surface area contributed by atoms with Crippen molar-refractivity contribution in [2.45, 2.75) is 97.4 Å². The predicted molar refractivity (Wildman–Crippen MR) is 136 cm³/mol. The Labute approximate surface area is 247 Å². The SMILES string of the molecule is COC(=O)C1=CO[C@@H](O[C@@H]2O[C@H](COC(C)=O)[C@@H](OC(C)=O)[C@H](OC(C)=O)[C@H]2OC(C)=O)[C@@H]2[C@H](C)O[C@@H](OC(C)=O)C[C@H]12. The Hall–Kier alpha value is -3.76. The first kappa shape index (κ1) is 33.7.